The molecule has 0 saturated carbocycles. The number of halogens is 1. The molecule has 2 heteroatoms. The minimum atomic E-state index is 0.637. The second kappa shape index (κ2) is 7.36. The van der Waals surface area contributed by atoms with Gasteiger partial charge in [-0.1, -0.05) is 13.8 Å². The molecule has 0 bridgehead atoms. The molecule has 10 heavy (non-hydrogen) atoms. The lowest BCUT2D eigenvalue weighted by atomic mass is 10.2. The van der Waals surface area contributed by atoms with E-state index in [0.29, 0.717) is 6.04 Å². The third-order valence-electron chi connectivity index (χ3n) is 1.63. The Morgan fingerprint density at radius 3 is 2.50 bits per heavy atom. The third kappa shape index (κ3) is 5.07. The van der Waals surface area contributed by atoms with E-state index in [1.807, 2.05) is 0 Å². The van der Waals surface area contributed by atoms with E-state index in [9.17, 15) is 0 Å². The van der Waals surface area contributed by atoms with E-state index in [1.165, 1.54) is 12.8 Å². The van der Waals surface area contributed by atoms with Crippen molar-refractivity contribution in [2.75, 3.05) is 12.4 Å². The van der Waals surface area contributed by atoms with Crippen LogP contribution >= 0.6 is 11.6 Å². The molecule has 0 amide bonds. The second-order valence-corrected chi connectivity index (χ2v) is 2.91. The zero-order chi connectivity index (χ0) is 7.82. The summed E-state index contributed by atoms with van der Waals surface area (Å²) >= 11 is 5.61. The molecule has 0 aliphatic rings. The van der Waals surface area contributed by atoms with Gasteiger partial charge in [0.05, 0.1) is 0 Å². The fourth-order valence-electron chi connectivity index (χ4n) is 0.931. The molecule has 0 aliphatic carbocycles. The van der Waals surface area contributed by atoms with Crippen LogP contribution < -0.4 is 5.32 Å². The Balaban J connectivity index is 3.21. The molecule has 0 spiro atoms. The highest BCUT2D eigenvalue weighted by Gasteiger charge is 2.01. The number of hydrogen-bond acceptors (Lipinski definition) is 1. The van der Waals surface area contributed by atoms with E-state index in [2.05, 4.69) is 19.2 Å². The van der Waals surface area contributed by atoms with Gasteiger partial charge in [-0.05, 0) is 25.8 Å². The van der Waals surface area contributed by atoms with Gasteiger partial charge in [0.15, 0.2) is 0 Å². The van der Waals surface area contributed by atoms with Gasteiger partial charge in [0.2, 0.25) is 0 Å². The normalized spacial score (nSPS) is 13.5. The number of alkyl halides is 1. The van der Waals surface area contributed by atoms with Gasteiger partial charge in [-0.2, -0.15) is 0 Å². The summed E-state index contributed by atoms with van der Waals surface area (Å²) in [7, 11) is 0. The predicted octanol–water partition coefficient (Wildman–Crippen LogP) is 2.39. The number of rotatable bonds is 6. The van der Waals surface area contributed by atoms with Crippen molar-refractivity contribution in [1.82, 2.24) is 5.32 Å². The molecule has 0 aromatic carbocycles. The largest absolute Gasteiger partial charge is 0.314 e. The molecule has 0 saturated heterocycles. The maximum atomic E-state index is 5.61. The van der Waals surface area contributed by atoms with Crippen LogP contribution in [0.5, 0.6) is 0 Å². The van der Waals surface area contributed by atoms with Gasteiger partial charge in [0.1, 0.15) is 0 Å². The molecule has 0 rings (SSSR count). The first-order valence-electron chi connectivity index (χ1n) is 4.14. The molecule has 0 fully saturated rings. The highest BCUT2D eigenvalue weighted by atomic mass is 35.5. The molecule has 1 unspecified atom stereocenters. The van der Waals surface area contributed by atoms with Crippen molar-refractivity contribution >= 4 is 11.6 Å². The van der Waals surface area contributed by atoms with E-state index < -0.39 is 0 Å². The minimum Gasteiger partial charge on any atom is -0.314 e. The maximum absolute atomic E-state index is 5.61. The SMILES string of the molecule is CCCNC(CC)CCCl. The van der Waals surface area contributed by atoms with Gasteiger partial charge in [0.25, 0.3) is 0 Å². The molecule has 0 aromatic heterocycles. The summed E-state index contributed by atoms with van der Waals surface area (Å²) < 4.78 is 0. The molecular formula is C8H18ClN. The number of nitrogens with one attached hydrogen (secondary N) is 1. The van der Waals surface area contributed by atoms with Crippen molar-refractivity contribution in [3.05, 3.63) is 0 Å². The lowest BCUT2D eigenvalue weighted by Gasteiger charge is -2.14. The molecule has 0 aromatic rings. The average molecular weight is 164 g/mol. The van der Waals surface area contributed by atoms with Crippen LogP contribution in [-0.2, 0) is 0 Å². The summed E-state index contributed by atoms with van der Waals surface area (Å²) in [6.07, 6.45) is 3.49. The Morgan fingerprint density at radius 2 is 2.10 bits per heavy atom. The Bertz CT molecular complexity index is 66.3. The molecule has 0 heterocycles. The van der Waals surface area contributed by atoms with Gasteiger partial charge in [-0.15, -0.1) is 11.6 Å². The summed E-state index contributed by atoms with van der Waals surface area (Å²) in [5.41, 5.74) is 0. The van der Waals surface area contributed by atoms with Gasteiger partial charge in [-0.25, -0.2) is 0 Å². The predicted molar refractivity (Wildman–Crippen MR) is 47.7 cm³/mol. The zero-order valence-corrected chi connectivity index (χ0v) is 7.75. The average Bonchev–Trinajstić information content (AvgIpc) is 1.98. The van der Waals surface area contributed by atoms with Gasteiger partial charge < -0.3 is 5.32 Å². The lowest BCUT2D eigenvalue weighted by molar-refractivity contribution is 0.487. The Labute approximate surface area is 69.1 Å². The molecular weight excluding hydrogens is 146 g/mol. The summed E-state index contributed by atoms with van der Waals surface area (Å²) in [4.78, 5) is 0. The van der Waals surface area contributed by atoms with Crippen LogP contribution in [0.4, 0.5) is 0 Å². The van der Waals surface area contributed by atoms with Crippen LogP contribution in [0.3, 0.4) is 0 Å². The van der Waals surface area contributed by atoms with E-state index in [4.69, 9.17) is 11.6 Å². The van der Waals surface area contributed by atoms with Crippen LogP contribution in [0.2, 0.25) is 0 Å². The highest BCUT2D eigenvalue weighted by molar-refractivity contribution is 6.17. The Morgan fingerprint density at radius 1 is 1.40 bits per heavy atom. The van der Waals surface area contributed by atoms with Crippen LogP contribution in [0.1, 0.15) is 33.1 Å². The zero-order valence-electron chi connectivity index (χ0n) is 6.99. The standard InChI is InChI=1S/C8H18ClN/c1-3-7-10-8(4-2)5-6-9/h8,10H,3-7H2,1-2H3. The van der Waals surface area contributed by atoms with Crippen molar-refractivity contribution < 1.29 is 0 Å². The van der Waals surface area contributed by atoms with E-state index >= 15 is 0 Å². The lowest BCUT2D eigenvalue weighted by Crippen LogP contribution is -2.29. The summed E-state index contributed by atoms with van der Waals surface area (Å²) in [5.74, 6) is 0.773. The Kier molecular flexibility index (Phi) is 7.54. The molecule has 0 radical (unpaired) electrons. The molecule has 62 valence electrons. The van der Waals surface area contributed by atoms with Crippen molar-refractivity contribution in [2.45, 2.75) is 39.2 Å². The van der Waals surface area contributed by atoms with E-state index in [-0.39, 0.29) is 0 Å². The maximum Gasteiger partial charge on any atom is 0.0238 e. The molecule has 0 aliphatic heterocycles. The topological polar surface area (TPSA) is 12.0 Å². The second-order valence-electron chi connectivity index (χ2n) is 2.54. The summed E-state index contributed by atoms with van der Waals surface area (Å²) in [5, 5.41) is 3.44. The fourth-order valence-corrected chi connectivity index (χ4v) is 1.19. The van der Waals surface area contributed by atoms with Crippen LogP contribution in [-0.4, -0.2) is 18.5 Å². The monoisotopic (exact) mass is 163 g/mol. The van der Waals surface area contributed by atoms with E-state index in [1.54, 1.807) is 0 Å². The van der Waals surface area contributed by atoms with Crippen LogP contribution in [0.25, 0.3) is 0 Å². The van der Waals surface area contributed by atoms with Crippen LogP contribution in [0, 0.1) is 0 Å². The fraction of sp³-hybridized carbons (Fsp3) is 1.00. The van der Waals surface area contributed by atoms with Crippen molar-refractivity contribution in [1.29, 1.82) is 0 Å². The highest BCUT2D eigenvalue weighted by Crippen LogP contribution is 1.98. The smallest absolute Gasteiger partial charge is 0.0238 e. The van der Waals surface area contributed by atoms with Crippen LogP contribution in [0.15, 0.2) is 0 Å². The molecule has 1 N–H and O–H groups in total. The number of hydrogen-bond donors (Lipinski definition) is 1. The first kappa shape index (κ1) is 10.2. The first-order valence-corrected chi connectivity index (χ1v) is 4.67. The van der Waals surface area contributed by atoms with Crippen molar-refractivity contribution in [3.63, 3.8) is 0 Å². The molecule has 1 nitrogen and oxygen atoms in total. The minimum absolute atomic E-state index is 0.637. The van der Waals surface area contributed by atoms with E-state index in [0.717, 1.165) is 18.8 Å². The summed E-state index contributed by atoms with van der Waals surface area (Å²) in [6, 6.07) is 0.637. The first-order chi connectivity index (χ1) is 4.85. The van der Waals surface area contributed by atoms with Gasteiger partial charge >= 0.3 is 0 Å². The Hall–Kier alpha value is 0.250. The van der Waals surface area contributed by atoms with Gasteiger partial charge in [-0.3, -0.25) is 0 Å². The van der Waals surface area contributed by atoms with Gasteiger partial charge in [0, 0.05) is 11.9 Å². The third-order valence-corrected chi connectivity index (χ3v) is 1.85. The summed E-state index contributed by atoms with van der Waals surface area (Å²) in [6.45, 7) is 5.50. The molecule has 1 atom stereocenters. The quantitative estimate of drug-likeness (QED) is 0.593. The van der Waals surface area contributed by atoms with Crippen molar-refractivity contribution in [2.24, 2.45) is 0 Å². The van der Waals surface area contributed by atoms with Crippen molar-refractivity contribution in [3.8, 4) is 0 Å².